The molecule has 28 heavy (non-hydrogen) atoms. The first-order valence-corrected chi connectivity index (χ1v) is 8.96. The molecule has 1 heterocycles. The number of nitrogens with zero attached hydrogens (tertiary/aromatic N) is 1. The number of aromatic nitrogens is 2. The molecule has 0 fully saturated rings. The third-order valence-corrected chi connectivity index (χ3v) is 4.02. The predicted octanol–water partition coefficient (Wildman–Crippen LogP) is 0.855. The molecule has 0 spiro atoms. The Morgan fingerprint density at radius 3 is 2.46 bits per heavy atom. The Bertz CT molecular complexity index is 970. The summed E-state index contributed by atoms with van der Waals surface area (Å²) >= 11 is 0. The Morgan fingerprint density at radius 2 is 1.86 bits per heavy atom. The van der Waals surface area contributed by atoms with Crippen molar-refractivity contribution in [3.05, 3.63) is 45.0 Å². The number of carbonyl (C=O) groups is 2. The second-order valence-corrected chi connectivity index (χ2v) is 7.40. The van der Waals surface area contributed by atoms with Gasteiger partial charge in [-0.25, -0.2) is 9.48 Å². The maximum Gasteiger partial charge on any atom is 0.326 e. The van der Waals surface area contributed by atoms with Gasteiger partial charge in [0.05, 0.1) is 22.9 Å². The van der Waals surface area contributed by atoms with E-state index in [0.29, 0.717) is 0 Å². The van der Waals surface area contributed by atoms with Crippen LogP contribution in [0.4, 0.5) is 0 Å². The van der Waals surface area contributed by atoms with E-state index in [9.17, 15) is 24.3 Å². The molecule has 0 saturated heterocycles. The Labute approximate surface area is 161 Å². The van der Waals surface area contributed by atoms with E-state index in [4.69, 9.17) is 4.74 Å². The summed E-state index contributed by atoms with van der Waals surface area (Å²) in [6.07, 6.45) is -0.0385. The summed E-state index contributed by atoms with van der Waals surface area (Å²) in [7, 11) is 0. The molecule has 0 saturated carbocycles. The number of nitrogens with one attached hydrogen (secondary N) is 2. The van der Waals surface area contributed by atoms with Crippen molar-refractivity contribution in [3.8, 4) is 0 Å². The monoisotopic (exact) mass is 391 g/mol. The zero-order valence-corrected chi connectivity index (χ0v) is 16.2. The van der Waals surface area contributed by atoms with E-state index >= 15 is 0 Å². The minimum atomic E-state index is -1.16. The van der Waals surface area contributed by atoms with E-state index in [1.165, 1.54) is 0 Å². The molecule has 1 aromatic carbocycles. The summed E-state index contributed by atoms with van der Waals surface area (Å²) < 4.78 is 6.55. The molecule has 3 N–H and O–H groups in total. The van der Waals surface area contributed by atoms with Crippen LogP contribution in [0.25, 0.3) is 10.8 Å². The van der Waals surface area contributed by atoms with Gasteiger partial charge >= 0.3 is 5.97 Å². The smallest absolute Gasteiger partial charge is 0.326 e. The highest BCUT2D eigenvalue weighted by Crippen LogP contribution is 2.08. The maximum atomic E-state index is 12.4. The zero-order chi connectivity index (χ0) is 20.9. The van der Waals surface area contributed by atoms with Gasteiger partial charge < -0.3 is 15.2 Å². The second kappa shape index (κ2) is 8.83. The van der Waals surface area contributed by atoms with Crippen molar-refractivity contribution in [1.29, 1.82) is 0 Å². The van der Waals surface area contributed by atoms with E-state index in [1.54, 1.807) is 24.3 Å². The summed E-state index contributed by atoms with van der Waals surface area (Å²) in [5.74, 6) is -1.70. The lowest BCUT2D eigenvalue weighted by atomic mass is 10.1. The van der Waals surface area contributed by atoms with Crippen LogP contribution in [0.15, 0.2) is 33.9 Å². The van der Waals surface area contributed by atoms with Crippen LogP contribution in [0.1, 0.15) is 33.6 Å². The summed E-state index contributed by atoms with van der Waals surface area (Å²) in [6.45, 7) is 5.66. The van der Waals surface area contributed by atoms with E-state index < -0.39 is 34.6 Å². The van der Waals surface area contributed by atoms with E-state index in [2.05, 4.69) is 10.4 Å². The molecule has 1 unspecified atom stereocenters. The number of hydrogen-bond acceptors (Lipinski definition) is 5. The number of fused-ring (bicyclic) bond motifs is 1. The van der Waals surface area contributed by atoms with Crippen molar-refractivity contribution >= 4 is 22.6 Å². The van der Waals surface area contributed by atoms with Gasteiger partial charge in [0.1, 0.15) is 6.04 Å². The quantitative estimate of drug-likeness (QED) is 0.612. The Kier molecular flexibility index (Phi) is 6.74. The van der Waals surface area contributed by atoms with Gasteiger partial charge in [-0.05, 0) is 32.9 Å². The molecule has 152 valence electrons. The third-order valence-electron chi connectivity index (χ3n) is 4.02. The number of aliphatic carboxylic acids is 1. The fraction of sp³-hybridized carbons (Fsp3) is 0.474. The molecule has 1 amide bonds. The Balaban J connectivity index is 2.00. The van der Waals surface area contributed by atoms with Crippen LogP contribution in [-0.4, -0.2) is 45.0 Å². The molecule has 1 aromatic heterocycles. The van der Waals surface area contributed by atoms with Gasteiger partial charge in [0.2, 0.25) is 5.91 Å². The highest BCUT2D eigenvalue weighted by molar-refractivity contribution is 5.83. The minimum Gasteiger partial charge on any atom is -0.480 e. The number of carboxylic acid groups (broad SMARTS) is 1. The van der Waals surface area contributed by atoms with Crippen LogP contribution in [0, 0.1) is 0 Å². The summed E-state index contributed by atoms with van der Waals surface area (Å²) in [4.78, 5) is 47.9. The molecule has 0 radical (unpaired) electrons. The lowest BCUT2D eigenvalue weighted by Gasteiger charge is -2.21. The van der Waals surface area contributed by atoms with Crippen molar-refractivity contribution in [3.63, 3.8) is 0 Å². The van der Waals surface area contributed by atoms with Gasteiger partial charge in [0.25, 0.3) is 11.1 Å². The normalized spacial score (nSPS) is 12.7. The number of aryl methyl sites for hydroxylation is 1. The van der Waals surface area contributed by atoms with Crippen LogP contribution in [-0.2, 0) is 20.9 Å². The van der Waals surface area contributed by atoms with Gasteiger partial charge in [-0.15, -0.1) is 0 Å². The average Bonchev–Trinajstić information content (AvgIpc) is 2.61. The van der Waals surface area contributed by atoms with E-state index in [0.717, 1.165) is 4.68 Å². The number of hydrogen-bond donors (Lipinski definition) is 3. The van der Waals surface area contributed by atoms with Crippen molar-refractivity contribution < 1.29 is 19.4 Å². The molecule has 1 atom stereocenters. The number of benzene rings is 1. The van der Waals surface area contributed by atoms with Crippen molar-refractivity contribution in [1.82, 2.24) is 15.1 Å². The van der Waals surface area contributed by atoms with Crippen molar-refractivity contribution in [2.45, 2.75) is 51.8 Å². The van der Waals surface area contributed by atoms with Crippen LogP contribution in [0.3, 0.4) is 0 Å². The molecular formula is C19H25N3O6. The number of aromatic amines is 1. The predicted molar refractivity (Wildman–Crippen MR) is 103 cm³/mol. The first-order chi connectivity index (χ1) is 13.1. The summed E-state index contributed by atoms with van der Waals surface area (Å²) in [5, 5.41) is 14.6. The number of rotatable bonds is 8. The average molecular weight is 391 g/mol. The molecule has 0 aliphatic heterocycles. The van der Waals surface area contributed by atoms with Gasteiger partial charge in [0, 0.05) is 19.4 Å². The highest BCUT2D eigenvalue weighted by atomic mass is 16.5. The van der Waals surface area contributed by atoms with Crippen LogP contribution < -0.4 is 16.4 Å². The topological polar surface area (TPSA) is 130 Å². The molecule has 2 rings (SSSR count). The third kappa shape index (κ3) is 5.78. The highest BCUT2D eigenvalue weighted by Gasteiger charge is 2.21. The molecule has 0 bridgehead atoms. The van der Waals surface area contributed by atoms with Crippen molar-refractivity contribution in [2.75, 3.05) is 6.61 Å². The van der Waals surface area contributed by atoms with E-state index in [-0.39, 0.29) is 36.8 Å². The minimum absolute atomic E-state index is 0.0738. The number of H-pyrrole nitrogens is 1. The second-order valence-electron chi connectivity index (χ2n) is 7.40. The standard InChI is InChI=1S/C19H25N3O6/c1-19(2,3)28-11-9-14(18(26)27)20-15(23)8-10-22-17(25)13-7-5-4-6-12(13)16(24)21-22/h4-7,14H,8-11H2,1-3H3,(H,20,23)(H,21,24)(H,26,27). The Morgan fingerprint density at radius 1 is 1.21 bits per heavy atom. The molecule has 9 heteroatoms. The largest absolute Gasteiger partial charge is 0.480 e. The number of amides is 1. The lowest BCUT2D eigenvalue weighted by Crippen LogP contribution is -2.42. The van der Waals surface area contributed by atoms with Gasteiger partial charge in [-0.3, -0.25) is 19.5 Å². The van der Waals surface area contributed by atoms with Crippen LogP contribution in [0.5, 0.6) is 0 Å². The zero-order valence-electron chi connectivity index (χ0n) is 16.2. The lowest BCUT2D eigenvalue weighted by molar-refractivity contribution is -0.142. The maximum absolute atomic E-state index is 12.4. The summed E-state index contributed by atoms with van der Waals surface area (Å²) in [6, 6.07) is 5.30. The SMILES string of the molecule is CC(C)(C)OCCC(NC(=O)CCn1[nH]c(=O)c2ccccc2c1=O)C(=O)O. The van der Waals surface area contributed by atoms with E-state index in [1.807, 2.05) is 20.8 Å². The van der Waals surface area contributed by atoms with Gasteiger partial charge in [0.15, 0.2) is 0 Å². The first kappa shape index (κ1) is 21.4. The van der Waals surface area contributed by atoms with Crippen molar-refractivity contribution in [2.24, 2.45) is 0 Å². The summed E-state index contributed by atoms with van der Waals surface area (Å²) in [5.41, 5.74) is -1.26. The molecule has 9 nitrogen and oxygen atoms in total. The molecule has 2 aromatic rings. The fourth-order valence-electron chi connectivity index (χ4n) is 2.62. The van der Waals surface area contributed by atoms with Gasteiger partial charge in [-0.1, -0.05) is 12.1 Å². The van der Waals surface area contributed by atoms with Crippen LogP contribution >= 0.6 is 0 Å². The number of carbonyl (C=O) groups excluding carboxylic acids is 1. The first-order valence-electron chi connectivity index (χ1n) is 8.96. The number of carboxylic acids is 1. The fourth-order valence-corrected chi connectivity index (χ4v) is 2.62. The molecule has 0 aliphatic carbocycles. The molecular weight excluding hydrogens is 366 g/mol. The number of ether oxygens (including phenoxy) is 1. The Hall–Kier alpha value is -2.94. The van der Waals surface area contributed by atoms with Crippen LogP contribution in [0.2, 0.25) is 0 Å². The molecule has 0 aliphatic rings. The van der Waals surface area contributed by atoms with Gasteiger partial charge in [-0.2, -0.15) is 0 Å².